The van der Waals surface area contributed by atoms with Gasteiger partial charge in [-0.2, -0.15) is 0 Å². The minimum Gasteiger partial charge on any atom is -0.497 e. The van der Waals surface area contributed by atoms with Gasteiger partial charge in [-0.25, -0.2) is 0 Å². The molecule has 0 aromatic heterocycles. The predicted octanol–water partition coefficient (Wildman–Crippen LogP) is 2.23. The van der Waals surface area contributed by atoms with Crippen molar-refractivity contribution >= 4 is 5.69 Å². The maximum atomic E-state index is 5.85. The summed E-state index contributed by atoms with van der Waals surface area (Å²) in [4.78, 5) is 0. The largest absolute Gasteiger partial charge is 0.497 e. The van der Waals surface area contributed by atoms with E-state index >= 15 is 0 Å². The first-order valence-electron chi connectivity index (χ1n) is 5.80. The Hall–Kier alpha value is -1.22. The number of nitrogens with two attached hydrogens (primary N) is 1. The highest BCUT2D eigenvalue weighted by Crippen LogP contribution is 2.39. The lowest BCUT2D eigenvalue weighted by Gasteiger charge is -2.47. The number of benzene rings is 1. The Morgan fingerprint density at radius 2 is 2.00 bits per heavy atom. The molecule has 0 heterocycles. The fourth-order valence-electron chi connectivity index (χ4n) is 2.57. The molecule has 1 aliphatic carbocycles. The van der Waals surface area contributed by atoms with Crippen molar-refractivity contribution in [1.82, 2.24) is 0 Å². The number of hydrogen-bond donors (Lipinski definition) is 2. The van der Waals surface area contributed by atoms with Gasteiger partial charge in [-0.05, 0) is 43.0 Å². The molecule has 0 atom stereocenters. The van der Waals surface area contributed by atoms with Crippen molar-refractivity contribution in [1.29, 1.82) is 0 Å². The first-order chi connectivity index (χ1) is 7.67. The van der Waals surface area contributed by atoms with Crippen LogP contribution in [0.5, 0.6) is 5.75 Å². The van der Waals surface area contributed by atoms with E-state index in [2.05, 4.69) is 12.2 Å². The normalized spacial score (nSPS) is 28.3. The standard InChI is InChI=1S/C13H20N2O/c1-10-7-13(8-10,9-14)15-11-3-5-12(16-2)6-4-11/h3-6,10,15H,7-9,14H2,1-2H3. The lowest BCUT2D eigenvalue weighted by atomic mass is 9.69. The summed E-state index contributed by atoms with van der Waals surface area (Å²) in [6, 6.07) is 8.02. The molecule has 3 heteroatoms. The van der Waals surface area contributed by atoms with Gasteiger partial charge in [-0.1, -0.05) is 6.92 Å². The van der Waals surface area contributed by atoms with Gasteiger partial charge in [0, 0.05) is 12.2 Å². The van der Waals surface area contributed by atoms with E-state index in [-0.39, 0.29) is 5.54 Å². The number of ether oxygens (including phenoxy) is 1. The van der Waals surface area contributed by atoms with Crippen LogP contribution in [-0.4, -0.2) is 19.2 Å². The molecular formula is C13H20N2O. The van der Waals surface area contributed by atoms with Crippen LogP contribution in [0, 0.1) is 5.92 Å². The lowest BCUT2D eigenvalue weighted by molar-refractivity contribution is 0.194. The van der Waals surface area contributed by atoms with E-state index in [0.717, 1.165) is 30.2 Å². The summed E-state index contributed by atoms with van der Waals surface area (Å²) in [5.41, 5.74) is 7.09. The number of nitrogens with one attached hydrogen (secondary N) is 1. The summed E-state index contributed by atoms with van der Waals surface area (Å²) in [5.74, 6) is 1.67. The minimum absolute atomic E-state index is 0.119. The third-order valence-corrected chi connectivity index (χ3v) is 3.37. The van der Waals surface area contributed by atoms with Gasteiger partial charge >= 0.3 is 0 Å². The number of rotatable bonds is 4. The molecule has 1 aliphatic rings. The highest BCUT2D eigenvalue weighted by molar-refractivity contribution is 5.49. The Bertz CT molecular complexity index is 341. The second-order valence-corrected chi connectivity index (χ2v) is 4.85. The fourth-order valence-corrected chi connectivity index (χ4v) is 2.57. The lowest BCUT2D eigenvalue weighted by Crippen LogP contribution is -2.54. The van der Waals surface area contributed by atoms with Gasteiger partial charge in [-0.15, -0.1) is 0 Å². The van der Waals surface area contributed by atoms with Crippen molar-refractivity contribution in [2.24, 2.45) is 11.7 Å². The molecule has 0 unspecified atom stereocenters. The van der Waals surface area contributed by atoms with Crippen LogP contribution in [-0.2, 0) is 0 Å². The Labute approximate surface area is 97.0 Å². The maximum absolute atomic E-state index is 5.85. The molecule has 0 amide bonds. The molecule has 3 nitrogen and oxygen atoms in total. The molecule has 88 valence electrons. The van der Waals surface area contributed by atoms with E-state index < -0.39 is 0 Å². The van der Waals surface area contributed by atoms with Gasteiger partial charge in [0.15, 0.2) is 0 Å². The summed E-state index contributed by atoms with van der Waals surface area (Å²) >= 11 is 0. The molecular weight excluding hydrogens is 200 g/mol. The van der Waals surface area contributed by atoms with Crippen molar-refractivity contribution < 1.29 is 4.74 Å². The maximum Gasteiger partial charge on any atom is 0.119 e. The molecule has 0 bridgehead atoms. The Morgan fingerprint density at radius 3 is 2.44 bits per heavy atom. The van der Waals surface area contributed by atoms with Crippen molar-refractivity contribution in [2.45, 2.75) is 25.3 Å². The first kappa shape index (κ1) is 11.3. The topological polar surface area (TPSA) is 47.3 Å². The molecule has 1 aromatic carbocycles. The van der Waals surface area contributed by atoms with Crippen molar-refractivity contribution in [2.75, 3.05) is 19.0 Å². The molecule has 0 spiro atoms. The van der Waals surface area contributed by atoms with Crippen LogP contribution < -0.4 is 15.8 Å². The van der Waals surface area contributed by atoms with Crippen LogP contribution in [0.15, 0.2) is 24.3 Å². The summed E-state index contributed by atoms with van der Waals surface area (Å²) in [7, 11) is 1.68. The van der Waals surface area contributed by atoms with E-state index in [0.29, 0.717) is 6.54 Å². The third kappa shape index (κ3) is 2.14. The smallest absolute Gasteiger partial charge is 0.119 e. The quantitative estimate of drug-likeness (QED) is 0.818. The molecule has 0 aliphatic heterocycles. The van der Waals surface area contributed by atoms with Gasteiger partial charge < -0.3 is 15.8 Å². The summed E-state index contributed by atoms with van der Waals surface area (Å²) in [6.45, 7) is 2.97. The second kappa shape index (κ2) is 4.34. The van der Waals surface area contributed by atoms with Crippen LogP contribution in [0.1, 0.15) is 19.8 Å². The molecule has 0 radical (unpaired) electrons. The average molecular weight is 220 g/mol. The zero-order chi connectivity index (χ0) is 11.6. The third-order valence-electron chi connectivity index (χ3n) is 3.37. The van der Waals surface area contributed by atoms with E-state index in [1.54, 1.807) is 7.11 Å². The Kier molecular flexibility index (Phi) is 3.06. The zero-order valence-electron chi connectivity index (χ0n) is 9.99. The van der Waals surface area contributed by atoms with Gasteiger partial charge in [0.2, 0.25) is 0 Å². The molecule has 1 fully saturated rings. The van der Waals surface area contributed by atoms with Gasteiger partial charge in [0.05, 0.1) is 12.6 Å². The van der Waals surface area contributed by atoms with Crippen LogP contribution in [0.3, 0.4) is 0 Å². The van der Waals surface area contributed by atoms with Crippen LogP contribution in [0.25, 0.3) is 0 Å². The number of methoxy groups -OCH3 is 1. The predicted molar refractivity (Wildman–Crippen MR) is 66.8 cm³/mol. The van der Waals surface area contributed by atoms with E-state index in [9.17, 15) is 0 Å². The molecule has 3 N–H and O–H groups in total. The van der Waals surface area contributed by atoms with Crippen molar-refractivity contribution in [3.8, 4) is 5.75 Å². The summed E-state index contributed by atoms with van der Waals surface area (Å²) in [6.07, 6.45) is 2.32. The highest BCUT2D eigenvalue weighted by atomic mass is 16.5. The SMILES string of the molecule is COc1ccc(NC2(CN)CC(C)C2)cc1. The molecule has 2 rings (SSSR count). The number of hydrogen-bond acceptors (Lipinski definition) is 3. The Morgan fingerprint density at radius 1 is 1.38 bits per heavy atom. The molecule has 1 saturated carbocycles. The van der Waals surface area contributed by atoms with Crippen LogP contribution in [0.4, 0.5) is 5.69 Å². The first-order valence-corrected chi connectivity index (χ1v) is 5.80. The molecule has 1 aromatic rings. The monoisotopic (exact) mass is 220 g/mol. The molecule has 0 saturated heterocycles. The van der Waals surface area contributed by atoms with E-state index in [1.807, 2.05) is 24.3 Å². The zero-order valence-corrected chi connectivity index (χ0v) is 9.99. The number of anilines is 1. The van der Waals surface area contributed by atoms with Crippen molar-refractivity contribution in [3.63, 3.8) is 0 Å². The van der Waals surface area contributed by atoms with Gasteiger partial charge in [0.1, 0.15) is 5.75 Å². The minimum atomic E-state index is 0.119. The molecule has 16 heavy (non-hydrogen) atoms. The fraction of sp³-hybridized carbons (Fsp3) is 0.538. The summed E-state index contributed by atoms with van der Waals surface area (Å²) in [5, 5.41) is 3.54. The van der Waals surface area contributed by atoms with Crippen LogP contribution >= 0.6 is 0 Å². The van der Waals surface area contributed by atoms with E-state index in [4.69, 9.17) is 10.5 Å². The van der Waals surface area contributed by atoms with Crippen LogP contribution in [0.2, 0.25) is 0 Å². The average Bonchev–Trinajstić information content (AvgIpc) is 2.27. The van der Waals surface area contributed by atoms with E-state index in [1.165, 1.54) is 0 Å². The second-order valence-electron chi connectivity index (χ2n) is 4.85. The highest BCUT2D eigenvalue weighted by Gasteiger charge is 2.40. The summed E-state index contributed by atoms with van der Waals surface area (Å²) < 4.78 is 5.13. The van der Waals surface area contributed by atoms with Crippen molar-refractivity contribution in [3.05, 3.63) is 24.3 Å². The van der Waals surface area contributed by atoms with Gasteiger partial charge in [-0.3, -0.25) is 0 Å². The van der Waals surface area contributed by atoms with Gasteiger partial charge in [0.25, 0.3) is 0 Å². The Balaban J connectivity index is 2.02.